The van der Waals surface area contributed by atoms with Crippen LogP contribution in [0.4, 0.5) is 0 Å². The van der Waals surface area contributed by atoms with Crippen molar-refractivity contribution in [3.63, 3.8) is 0 Å². The highest BCUT2D eigenvalue weighted by Gasteiger charge is 2.01. The quantitative estimate of drug-likeness (QED) is 0.0597. The Morgan fingerprint density at radius 2 is 0.247 bits per heavy atom. The molecule has 0 spiro atoms. The zero-order chi connectivity index (χ0) is 51.7. The largest absolute Gasteiger partial charge is 0.481 e. The third-order valence-electron chi connectivity index (χ3n) is 16.8. The molecule has 0 atom stereocenters. The lowest BCUT2D eigenvalue weighted by atomic mass is 10.0. The second kappa shape index (κ2) is 71.7. The van der Waals surface area contributed by atoms with Crippen molar-refractivity contribution in [3.8, 4) is 0 Å². The monoisotopic (exact) mass is 1050 g/mol. The number of unbranched alkanes of at least 4 members (excludes halogenated alkanes) is 65. The molecule has 4 heteroatoms. The number of aliphatic hydroxyl groups excluding tert-OH is 1. The van der Waals surface area contributed by atoms with Gasteiger partial charge in [0.1, 0.15) is 0 Å². The van der Waals surface area contributed by atoms with Crippen molar-refractivity contribution in [3.05, 3.63) is 0 Å². The summed E-state index contributed by atoms with van der Waals surface area (Å²) < 4.78 is 0. The summed E-state index contributed by atoms with van der Waals surface area (Å²) in [4.78, 5) is 10.5. The molecule has 440 valence electrons. The van der Waals surface area contributed by atoms with E-state index < -0.39 is 5.97 Å². The summed E-state index contributed by atoms with van der Waals surface area (Å²) in [5, 5.41) is 17.5. The third-order valence-corrected chi connectivity index (χ3v) is 16.8. The minimum atomic E-state index is -0.646. The summed E-state index contributed by atoms with van der Waals surface area (Å²) in [6.45, 7) is 0.373. The van der Waals surface area contributed by atoms with E-state index in [-0.39, 0.29) is 12.4 Å². The molecule has 0 aromatic heterocycles. The fourth-order valence-electron chi connectivity index (χ4n) is 11.7. The fourth-order valence-corrected chi connectivity index (χ4v) is 11.7. The van der Waals surface area contributed by atoms with Gasteiger partial charge in [-0.2, -0.15) is 0 Å². The van der Waals surface area contributed by atoms with Gasteiger partial charge < -0.3 is 10.2 Å². The maximum atomic E-state index is 10.5. The maximum absolute atomic E-state index is 10.5. The number of carbonyl (C=O) groups is 1. The van der Waals surface area contributed by atoms with Crippen molar-refractivity contribution < 1.29 is 15.0 Å². The van der Waals surface area contributed by atoms with Crippen molar-refractivity contribution >= 4 is 18.4 Å². The predicted molar refractivity (Wildman–Crippen MR) is 331 cm³/mol. The molecule has 3 nitrogen and oxygen atoms in total. The van der Waals surface area contributed by atoms with Crippen molar-refractivity contribution in [1.82, 2.24) is 0 Å². The molecule has 0 aromatic rings. The molecule has 73 heavy (non-hydrogen) atoms. The Kier molecular flexibility index (Phi) is 73.5. The molecule has 0 bridgehead atoms. The minimum absolute atomic E-state index is 0. The third kappa shape index (κ3) is 73.8. The molecule has 0 radical (unpaired) electrons. The number of hydrogen-bond donors (Lipinski definition) is 2. The lowest BCUT2D eigenvalue weighted by Gasteiger charge is -2.05. The average molecular weight is 1050 g/mol. The van der Waals surface area contributed by atoms with Gasteiger partial charge in [-0.25, -0.2) is 0 Å². The molecule has 0 aliphatic rings. The number of carboxylic acid groups (broad SMARTS) is 1. The standard InChI is InChI=1S/C69H138O3.ClH/c70-68-66-64-62-60-58-56-54-52-50-48-46-44-42-40-38-36-34-32-30-28-26-24-22-20-18-16-14-12-10-8-6-4-2-1-3-5-7-9-11-13-15-17-19-21-23-25-27-29-31-33-35-37-39-41-43-45-47-49-51-53-55-57-59-61-63-65-67-69(71)72;/h70H,1-68H2,(H,71,72);1H. The minimum Gasteiger partial charge on any atom is -0.481 e. The molecule has 0 rings (SSSR count). The topological polar surface area (TPSA) is 57.5 Å². The first-order chi connectivity index (χ1) is 35.8. The molecule has 2 N–H and O–H groups in total. The second-order valence-corrected chi connectivity index (χ2v) is 24.2. The SMILES string of the molecule is Cl.O=C(O)CCCCCCCCCCCCCCCCCCCCCCCCCCCCCCCCCCCCCCCCCCCCCCCCCCCCCCCCCCCCCCCCCCCCO. The van der Waals surface area contributed by atoms with Gasteiger partial charge in [-0.15, -0.1) is 12.4 Å². The van der Waals surface area contributed by atoms with Gasteiger partial charge >= 0.3 is 5.97 Å². The van der Waals surface area contributed by atoms with E-state index >= 15 is 0 Å². The molecule has 0 saturated carbocycles. The molecule has 0 aromatic carbocycles. The number of aliphatic hydroxyl groups is 1. The summed E-state index contributed by atoms with van der Waals surface area (Å²) in [6, 6.07) is 0. The second-order valence-electron chi connectivity index (χ2n) is 24.2. The van der Waals surface area contributed by atoms with Crippen LogP contribution in [0.5, 0.6) is 0 Å². The van der Waals surface area contributed by atoms with E-state index in [1.165, 1.54) is 405 Å². The number of aliphatic carboxylic acids is 1. The molecule has 0 saturated heterocycles. The van der Waals surface area contributed by atoms with E-state index in [0.717, 1.165) is 19.3 Å². The van der Waals surface area contributed by atoms with Gasteiger partial charge in [-0.3, -0.25) is 4.79 Å². The van der Waals surface area contributed by atoms with Crippen molar-refractivity contribution in [2.75, 3.05) is 6.61 Å². The molecule has 0 amide bonds. The molecule has 0 fully saturated rings. The van der Waals surface area contributed by atoms with E-state index in [4.69, 9.17) is 10.2 Å². The molecular weight excluding hydrogens is 912 g/mol. The molecule has 0 unspecified atom stereocenters. The van der Waals surface area contributed by atoms with Gasteiger partial charge in [0.15, 0.2) is 0 Å². The smallest absolute Gasteiger partial charge is 0.303 e. The van der Waals surface area contributed by atoms with Crippen LogP contribution in [0.1, 0.15) is 430 Å². The lowest BCUT2D eigenvalue weighted by molar-refractivity contribution is -0.137. The highest BCUT2D eigenvalue weighted by molar-refractivity contribution is 5.85. The number of carboxylic acids is 1. The Labute approximate surface area is 467 Å². The van der Waals surface area contributed by atoms with Gasteiger partial charge in [0, 0.05) is 13.0 Å². The van der Waals surface area contributed by atoms with E-state index in [9.17, 15) is 4.79 Å². The summed E-state index contributed by atoms with van der Waals surface area (Å²) in [7, 11) is 0. The zero-order valence-electron chi connectivity index (χ0n) is 50.3. The van der Waals surface area contributed by atoms with Crippen LogP contribution in [0.25, 0.3) is 0 Å². The zero-order valence-corrected chi connectivity index (χ0v) is 51.1. The van der Waals surface area contributed by atoms with Gasteiger partial charge in [0.2, 0.25) is 0 Å². The summed E-state index contributed by atoms with van der Waals surface area (Å²) >= 11 is 0. The molecule has 0 aliphatic heterocycles. The summed E-state index contributed by atoms with van der Waals surface area (Å²) in [6.07, 6.45) is 94.9. The van der Waals surface area contributed by atoms with E-state index in [1.54, 1.807) is 0 Å². The van der Waals surface area contributed by atoms with Crippen molar-refractivity contribution in [2.45, 2.75) is 430 Å². The van der Waals surface area contributed by atoms with Crippen molar-refractivity contribution in [2.24, 2.45) is 0 Å². The van der Waals surface area contributed by atoms with Crippen LogP contribution in [-0.2, 0) is 4.79 Å². The van der Waals surface area contributed by atoms with Crippen LogP contribution in [0.2, 0.25) is 0 Å². The van der Waals surface area contributed by atoms with Crippen LogP contribution in [0, 0.1) is 0 Å². The Morgan fingerprint density at radius 3 is 0.329 bits per heavy atom. The van der Waals surface area contributed by atoms with Gasteiger partial charge in [-0.1, -0.05) is 411 Å². The van der Waals surface area contributed by atoms with Crippen LogP contribution in [0.15, 0.2) is 0 Å². The first-order valence-electron chi connectivity index (χ1n) is 34.6. The van der Waals surface area contributed by atoms with Crippen LogP contribution in [0.3, 0.4) is 0 Å². The number of halogens is 1. The van der Waals surface area contributed by atoms with E-state index in [0.29, 0.717) is 13.0 Å². The normalized spacial score (nSPS) is 11.5. The molecule has 0 heterocycles. The number of rotatable bonds is 68. The molecular formula is C69H139ClO3. The van der Waals surface area contributed by atoms with Crippen LogP contribution < -0.4 is 0 Å². The predicted octanol–water partition coefficient (Wildman–Crippen LogP) is 25.6. The van der Waals surface area contributed by atoms with Crippen molar-refractivity contribution in [1.29, 1.82) is 0 Å². The Bertz CT molecular complexity index is 941. The van der Waals surface area contributed by atoms with Crippen LogP contribution >= 0.6 is 12.4 Å². The maximum Gasteiger partial charge on any atom is 0.303 e. The highest BCUT2D eigenvalue weighted by atomic mass is 35.5. The van der Waals surface area contributed by atoms with E-state index in [1.807, 2.05) is 0 Å². The highest BCUT2D eigenvalue weighted by Crippen LogP contribution is 2.20. The van der Waals surface area contributed by atoms with Gasteiger partial charge in [0.25, 0.3) is 0 Å². The fraction of sp³-hybridized carbons (Fsp3) is 0.986. The van der Waals surface area contributed by atoms with Gasteiger partial charge in [-0.05, 0) is 12.8 Å². The Balaban J connectivity index is 0. The lowest BCUT2D eigenvalue weighted by Crippen LogP contribution is -1.93. The van der Waals surface area contributed by atoms with E-state index in [2.05, 4.69) is 0 Å². The number of hydrogen-bond acceptors (Lipinski definition) is 2. The summed E-state index contributed by atoms with van der Waals surface area (Å²) in [5.74, 6) is -0.646. The van der Waals surface area contributed by atoms with Crippen LogP contribution in [-0.4, -0.2) is 22.8 Å². The Hall–Kier alpha value is -0.280. The Morgan fingerprint density at radius 1 is 0.164 bits per heavy atom. The molecule has 0 aliphatic carbocycles. The summed E-state index contributed by atoms with van der Waals surface area (Å²) in [5.41, 5.74) is 0. The first kappa shape index (κ1) is 74.8. The van der Waals surface area contributed by atoms with Gasteiger partial charge in [0.05, 0.1) is 0 Å². The first-order valence-corrected chi connectivity index (χ1v) is 34.6. The average Bonchev–Trinajstić information content (AvgIpc) is 3.38.